The zero-order valence-corrected chi connectivity index (χ0v) is 13.2. The highest BCUT2D eigenvalue weighted by atomic mass is 35.5. The second-order valence-electron chi connectivity index (χ2n) is 5.27. The summed E-state index contributed by atoms with van der Waals surface area (Å²) in [6, 6.07) is 5.34. The summed E-state index contributed by atoms with van der Waals surface area (Å²) in [5, 5.41) is 14.6. The lowest BCUT2D eigenvalue weighted by Gasteiger charge is -2.17. The Morgan fingerprint density at radius 2 is 2.18 bits per heavy atom. The van der Waals surface area contributed by atoms with Gasteiger partial charge in [-0.25, -0.2) is 4.79 Å². The zero-order chi connectivity index (χ0) is 15.7. The van der Waals surface area contributed by atoms with Gasteiger partial charge in [-0.2, -0.15) is 5.10 Å². The van der Waals surface area contributed by atoms with Crippen molar-refractivity contribution >= 4 is 34.7 Å². The molecule has 0 fully saturated rings. The molecular weight excluding hydrogens is 323 g/mol. The molecule has 4 nitrogen and oxygen atoms in total. The molecule has 6 heteroatoms. The minimum atomic E-state index is -0.930. The number of rotatable bonds is 3. The van der Waals surface area contributed by atoms with Crippen LogP contribution in [0.15, 0.2) is 30.5 Å². The zero-order valence-electron chi connectivity index (χ0n) is 11.7. The Balaban J connectivity index is 1.99. The summed E-state index contributed by atoms with van der Waals surface area (Å²) >= 11 is 12.1. The molecule has 0 saturated heterocycles. The average Bonchev–Trinajstić information content (AvgIpc) is 2.86. The molecule has 0 radical (unpaired) electrons. The van der Waals surface area contributed by atoms with E-state index in [4.69, 9.17) is 28.3 Å². The number of hydrogen-bond acceptors (Lipinski definition) is 2. The van der Waals surface area contributed by atoms with Crippen molar-refractivity contribution in [1.29, 1.82) is 0 Å². The fraction of sp³-hybridized carbons (Fsp3) is 0.250. The van der Waals surface area contributed by atoms with E-state index >= 15 is 0 Å². The molecule has 114 valence electrons. The molecule has 1 heterocycles. The van der Waals surface area contributed by atoms with Gasteiger partial charge in [-0.15, -0.1) is 0 Å². The first-order valence-corrected chi connectivity index (χ1v) is 7.72. The molecule has 0 amide bonds. The van der Waals surface area contributed by atoms with Crippen LogP contribution in [0.5, 0.6) is 0 Å². The van der Waals surface area contributed by atoms with Gasteiger partial charge in [0, 0.05) is 16.1 Å². The van der Waals surface area contributed by atoms with Gasteiger partial charge in [0.15, 0.2) is 0 Å². The Labute approximate surface area is 138 Å². The predicted octanol–water partition coefficient (Wildman–Crippen LogP) is 4.04. The largest absolute Gasteiger partial charge is 0.478 e. The molecule has 0 unspecified atom stereocenters. The van der Waals surface area contributed by atoms with E-state index in [1.807, 2.05) is 16.9 Å². The van der Waals surface area contributed by atoms with Gasteiger partial charge in [0.25, 0.3) is 0 Å². The summed E-state index contributed by atoms with van der Waals surface area (Å²) in [5.74, 6) is -0.930. The van der Waals surface area contributed by atoms with Crippen molar-refractivity contribution in [2.45, 2.75) is 25.8 Å². The maximum absolute atomic E-state index is 11.0. The molecule has 0 bridgehead atoms. The molecule has 22 heavy (non-hydrogen) atoms. The second kappa shape index (κ2) is 6.15. The van der Waals surface area contributed by atoms with Gasteiger partial charge in [-0.05, 0) is 48.1 Å². The number of aryl methyl sites for hydroxylation is 1. The normalized spacial score (nSPS) is 15.8. The smallest absolute Gasteiger partial charge is 0.328 e. The van der Waals surface area contributed by atoms with Gasteiger partial charge in [-0.3, -0.25) is 4.68 Å². The number of benzene rings is 1. The van der Waals surface area contributed by atoms with E-state index in [0.717, 1.165) is 41.7 Å². The van der Waals surface area contributed by atoms with Gasteiger partial charge in [0.1, 0.15) is 0 Å². The Bertz CT molecular complexity index is 766. The van der Waals surface area contributed by atoms with Crippen molar-refractivity contribution < 1.29 is 9.90 Å². The first-order valence-electron chi connectivity index (χ1n) is 6.97. The Morgan fingerprint density at radius 1 is 1.36 bits per heavy atom. The van der Waals surface area contributed by atoms with E-state index in [1.165, 1.54) is 6.08 Å². The molecule has 1 N–H and O–H groups in total. The number of nitrogens with zero attached hydrogens (tertiary/aromatic N) is 2. The van der Waals surface area contributed by atoms with E-state index in [1.54, 1.807) is 12.1 Å². The van der Waals surface area contributed by atoms with Gasteiger partial charge < -0.3 is 5.11 Å². The quantitative estimate of drug-likeness (QED) is 0.860. The number of halogens is 2. The van der Waals surface area contributed by atoms with Crippen LogP contribution in [0, 0.1) is 0 Å². The second-order valence-corrected chi connectivity index (χ2v) is 6.12. The molecule has 3 rings (SSSR count). The topological polar surface area (TPSA) is 55.1 Å². The molecular formula is C16H14Cl2N2O2. The lowest BCUT2D eigenvalue weighted by atomic mass is 9.92. The fourth-order valence-electron chi connectivity index (χ4n) is 2.79. The van der Waals surface area contributed by atoms with E-state index in [2.05, 4.69) is 5.10 Å². The number of fused-ring (bicyclic) bond motifs is 1. The maximum atomic E-state index is 11.0. The Kier molecular flexibility index (Phi) is 4.23. The summed E-state index contributed by atoms with van der Waals surface area (Å²) in [5.41, 5.74) is 3.71. The molecule has 1 aliphatic rings. The van der Waals surface area contributed by atoms with Crippen LogP contribution in [0.3, 0.4) is 0 Å². The van der Waals surface area contributed by atoms with Crippen LogP contribution in [0.4, 0.5) is 0 Å². The lowest BCUT2D eigenvalue weighted by molar-refractivity contribution is -0.131. The van der Waals surface area contributed by atoms with Gasteiger partial charge in [0.05, 0.1) is 18.4 Å². The van der Waals surface area contributed by atoms with Crippen LogP contribution < -0.4 is 0 Å². The fourth-order valence-corrected chi connectivity index (χ4v) is 3.26. The number of allylic oxidation sites excluding steroid dienone is 1. The average molecular weight is 337 g/mol. The third-order valence-corrected chi connectivity index (χ3v) is 4.33. The van der Waals surface area contributed by atoms with Crippen LogP contribution in [0.2, 0.25) is 10.0 Å². The molecule has 0 saturated carbocycles. The number of carbonyl (C=O) groups is 1. The van der Waals surface area contributed by atoms with Crippen molar-refractivity contribution in [3.05, 3.63) is 57.3 Å². The Morgan fingerprint density at radius 3 is 2.91 bits per heavy atom. The minimum absolute atomic E-state index is 0.488. The minimum Gasteiger partial charge on any atom is -0.478 e. The van der Waals surface area contributed by atoms with Crippen LogP contribution in [-0.4, -0.2) is 20.9 Å². The standard InChI is InChI=1S/C16H14Cl2N2O2/c17-13-5-4-12(14(18)7-13)9-20-16-10(6-15(21)22)2-1-3-11(16)8-19-20/h4-8H,1-3,9H2,(H,21,22)/b10-6-. The summed E-state index contributed by atoms with van der Waals surface area (Å²) in [4.78, 5) is 11.0. The highest BCUT2D eigenvalue weighted by molar-refractivity contribution is 6.35. The summed E-state index contributed by atoms with van der Waals surface area (Å²) in [6.07, 6.45) is 5.70. The van der Waals surface area contributed by atoms with E-state index in [-0.39, 0.29) is 0 Å². The highest BCUT2D eigenvalue weighted by Gasteiger charge is 2.21. The van der Waals surface area contributed by atoms with Gasteiger partial charge >= 0.3 is 5.97 Å². The van der Waals surface area contributed by atoms with Crippen molar-refractivity contribution in [3.63, 3.8) is 0 Å². The number of hydrogen-bond donors (Lipinski definition) is 1. The SMILES string of the molecule is O=C(O)/C=C1/CCCc2cnn(Cc3ccc(Cl)cc3Cl)c21. The van der Waals surface area contributed by atoms with Crippen LogP contribution in [-0.2, 0) is 17.8 Å². The molecule has 1 aromatic heterocycles. The monoisotopic (exact) mass is 336 g/mol. The van der Waals surface area contributed by atoms with E-state index in [9.17, 15) is 4.79 Å². The molecule has 0 atom stereocenters. The van der Waals surface area contributed by atoms with Crippen LogP contribution >= 0.6 is 23.2 Å². The van der Waals surface area contributed by atoms with Gasteiger partial charge in [-0.1, -0.05) is 29.3 Å². The van der Waals surface area contributed by atoms with Crippen LogP contribution in [0.1, 0.15) is 29.7 Å². The van der Waals surface area contributed by atoms with Crippen LogP contribution in [0.25, 0.3) is 5.57 Å². The third-order valence-electron chi connectivity index (χ3n) is 3.74. The first-order chi connectivity index (χ1) is 10.5. The number of carboxylic acids is 1. The molecule has 1 aliphatic carbocycles. The summed E-state index contributed by atoms with van der Waals surface area (Å²) < 4.78 is 1.82. The number of aromatic nitrogens is 2. The lowest BCUT2D eigenvalue weighted by Crippen LogP contribution is -2.11. The first kappa shape index (κ1) is 15.1. The number of carboxylic acid groups (broad SMARTS) is 1. The predicted molar refractivity (Wildman–Crippen MR) is 86.3 cm³/mol. The summed E-state index contributed by atoms with van der Waals surface area (Å²) in [7, 11) is 0. The molecule has 1 aromatic carbocycles. The molecule has 0 aliphatic heterocycles. The van der Waals surface area contributed by atoms with E-state index < -0.39 is 5.97 Å². The van der Waals surface area contributed by atoms with Crippen molar-refractivity contribution in [2.24, 2.45) is 0 Å². The van der Waals surface area contributed by atoms with Crippen molar-refractivity contribution in [3.8, 4) is 0 Å². The van der Waals surface area contributed by atoms with Crippen molar-refractivity contribution in [1.82, 2.24) is 9.78 Å². The van der Waals surface area contributed by atoms with E-state index in [0.29, 0.717) is 16.6 Å². The third kappa shape index (κ3) is 3.03. The number of aliphatic carboxylic acids is 1. The van der Waals surface area contributed by atoms with Gasteiger partial charge in [0.2, 0.25) is 0 Å². The van der Waals surface area contributed by atoms with Crippen molar-refractivity contribution in [2.75, 3.05) is 0 Å². The maximum Gasteiger partial charge on any atom is 0.328 e. The summed E-state index contributed by atoms with van der Waals surface area (Å²) in [6.45, 7) is 0.488. The Hall–Kier alpha value is -1.78. The highest BCUT2D eigenvalue weighted by Crippen LogP contribution is 2.31. The molecule has 2 aromatic rings. The molecule has 0 spiro atoms.